The van der Waals surface area contributed by atoms with E-state index < -0.39 is 166 Å². The van der Waals surface area contributed by atoms with Crippen LogP contribution in [-0.4, -0.2) is 150 Å². The Labute approximate surface area is 359 Å². The van der Waals surface area contributed by atoms with E-state index in [-0.39, 0.29) is 9.76 Å². The van der Waals surface area contributed by atoms with Gasteiger partial charge < -0.3 is 13.3 Å². The second-order valence-corrected chi connectivity index (χ2v) is 31.8. The van der Waals surface area contributed by atoms with E-state index in [4.69, 9.17) is 0 Å². The van der Waals surface area contributed by atoms with E-state index in [0.29, 0.717) is 0 Å². The SMILES string of the molecule is CCO[Si](OCC)(OCC)C(F)(F)C(F)(F)C(F)(F)C(F)(F)C(F)(F)C(F)(F)C(F)(F)CCC(F)(F)F.FC(F)(F)CCC(F)(F)C(F)(F)C(F)(F)C(F)(F)C(F)(F)C(F)(F)C(F)(F)[SiH2][SiH2][SiH3]. The van der Waals surface area contributed by atoms with Crippen LogP contribution in [0.2, 0.25) is 0 Å². The molecular formula is C26H30F34O3Si4. The number of halogens is 34. The van der Waals surface area contributed by atoms with E-state index in [1.165, 1.54) is 0 Å². The molecule has 0 unspecified atom stereocenters. The molecule has 406 valence electrons. The molecular weight excluding hydrogens is 1120 g/mol. The molecule has 0 aliphatic heterocycles. The molecule has 0 aliphatic carbocycles. The maximum Gasteiger partial charge on any atom is 0.582 e. The Balaban J connectivity index is 0. The van der Waals surface area contributed by atoms with Crippen LogP contribution in [0.5, 0.6) is 0 Å². The van der Waals surface area contributed by atoms with Crippen LogP contribution in [0.15, 0.2) is 0 Å². The number of hydrogen-bond donors (Lipinski definition) is 0. The Morgan fingerprint density at radius 2 is 0.552 bits per heavy atom. The monoisotopic (exact) mass is 1150 g/mol. The highest BCUT2D eigenvalue weighted by Gasteiger charge is 2.96. The Morgan fingerprint density at radius 3 is 0.776 bits per heavy atom. The summed E-state index contributed by atoms with van der Waals surface area (Å²) in [6, 6.07) is 0. The fourth-order valence-corrected chi connectivity index (χ4v) is 16.7. The predicted octanol–water partition coefficient (Wildman–Crippen LogP) is 10.6. The van der Waals surface area contributed by atoms with Gasteiger partial charge in [-0.2, -0.15) is 140 Å². The summed E-state index contributed by atoms with van der Waals surface area (Å²) in [6.45, 7) is -1.05. The largest absolute Gasteiger partial charge is 0.582 e. The van der Waals surface area contributed by atoms with Gasteiger partial charge in [0.15, 0.2) is 0 Å². The quantitative estimate of drug-likeness (QED) is 0.0674. The highest BCUT2D eigenvalue weighted by atomic mass is 29.5. The van der Waals surface area contributed by atoms with Crippen LogP contribution in [0.4, 0.5) is 149 Å². The van der Waals surface area contributed by atoms with Gasteiger partial charge in [-0.15, -0.1) is 0 Å². The molecule has 0 aromatic rings. The molecule has 0 saturated carbocycles. The van der Waals surface area contributed by atoms with Gasteiger partial charge in [-0.1, -0.05) is 0 Å². The summed E-state index contributed by atoms with van der Waals surface area (Å²) >= 11 is 0. The van der Waals surface area contributed by atoms with Crippen LogP contribution < -0.4 is 0 Å². The molecule has 0 aliphatic rings. The number of alkyl halides is 34. The third kappa shape index (κ3) is 11.8. The third-order valence-electron chi connectivity index (χ3n) is 8.32. The Hall–Kier alpha value is -1.63. The first-order valence-corrected chi connectivity index (χ1v) is 29.3. The van der Waals surface area contributed by atoms with Crippen molar-refractivity contribution in [3.05, 3.63) is 0 Å². The first-order chi connectivity index (χ1) is 28.9. The number of rotatable bonds is 25. The molecule has 0 spiro atoms. The Kier molecular flexibility index (Phi) is 20.6. The van der Waals surface area contributed by atoms with Crippen molar-refractivity contribution < 1.29 is 163 Å². The average molecular weight is 1150 g/mol. The molecule has 0 atom stereocenters. The molecule has 0 N–H and O–H groups in total. The van der Waals surface area contributed by atoms with Crippen LogP contribution in [0, 0.1) is 0 Å². The summed E-state index contributed by atoms with van der Waals surface area (Å²) < 4.78 is 467. The van der Waals surface area contributed by atoms with E-state index in [1.807, 2.05) is 0 Å². The summed E-state index contributed by atoms with van der Waals surface area (Å²) in [5, 5.41) is 0. The normalized spacial score (nSPS) is 16.4. The van der Waals surface area contributed by atoms with Gasteiger partial charge in [0.05, 0.1) is 9.04 Å². The minimum Gasteiger partial charge on any atom is -0.370 e. The van der Waals surface area contributed by atoms with Crippen molar-refractivity contribution in [2.75, 3.05) is 19.8 Å². The highest BCUT2D eigenvalue weighted by molar-refractivity contribution is 7.24. The lowest BCUT2D eigenvalue weighted by atomic mass is 9.90. The minimum absolute atomic E-state index is 0.201. The average Bonchev–Trinajstić information content (AvgIpc) is 3.12. The first kappa shape index (κ1) is 67.4. The molecule has 0 radical (unpaired) electrons. The van der Waals surface area contributed by atoms with Crippen LogP contribution >= 0.6 is 0 Å². The Morgan fingerprint density at radius 1 is 0.328 bits per heavy atom. The molecule has 0 heterocycles. The fourth-order valence-electron chi connectivity index (χ4n) is 4.61. The lowest BCUT2D eigenvalue weighted by molar-refractivity contribution is -0.439. The highest BCUT2D eigenvalue weighted by Crippen LogP contribution is 2.65. The molecule has 0 fully saturated rings. The Bertz CT molecular complexity index is 1560. The van der Waals surface area contributed by atoms with Crippen molar-refractivity contribution in [1.29, 1.82) is 0 Å². The first-order valence-electron chi connectivity index (χ1n) is 17.2. The van der Waals surface area contributed by atoms with E-state index in [1.54, 1.807) is 0 Å². The zero-order valence-electron chi connectivity index (χ0n) is 32.9. The summed E-state index contributed by atoms with van der Waals surface area (Å²) in [7, 11) is -12.4. The van der Waals surface area contributed by atoms with Crippen molar-refractivity contribution in [1.82, 2.24) is 0 Å². The summed E-state index contributed by atoms with van der Waals surface area (Å²) in [5.41, 5.74) is -12.7. The topological polar surface area (TPSA) is 27.7 Å². The van der Waals surface area contributed by atoms with Crippen molar-refractivity contribution in [3.63, 3.8) is 0 Å². The summed E-state index contributed by atoms with van der Waals surface area (Å²) in [4.78, 5) is 0. The number of hydrogen-bond acceptors (Lipinski definition) is 3. The predicted molar refractivity (Wildman–Crippen MR) is 167 cm³/mol. The second-order valence-electron chi connectivity index (χ2n) is 13.3. The minimum atomic E-state index is -8.44. The lowest BCUT2D eigenvalue weighted by Crippen LogP contribution is -2.78. The van der Waals surface area contributed by atoms with Gasteiger partial charge in [-0.3, -0.25) is 0 Å². The maximum atomic E-state index is 14.7. The van der Waals surface area contributed by atoms with Crippen LogP contribution in [-0.2, 0) is 13.3 Å². The molecule has 67 heavy (non-hydrogen) atoms. The molecule has 0 rings (SSSR count). The third-order valence-corrected chi connectivity index (χ3v) is 20.9. The van der Waals surface area contributed by atoms with E-state index in [2.05, 4.69) is 13.3 Å². The van der Waals surface area contributed by atoms with Gasteiger partial charge in [0.1, 0.15) is 0 Å². The molecule has 41 heteroatoms. The molecule has 0 saturated heterocycles. The molecule has 0 amide bonds. The van der Waals surface area contributed by atoms with Crippen molar-refractivity contribution in [3.8, 4) is 0 Å². The van der Waals surface area contributed by atoms with Gasteiger partial charge in [0, 0.05) is 54.1 Å². The smallest absolute Gasteiger partial charge is 0.370 e. The fraction of sp³-hybridized carbons (Fsp3) is 1.00. The standard InChI is InChI=1S/C16H19F17O3Si.C10H11F17Si3/c1-4-34-37(35-5-2,36-6-3)16(32,33)15(30,31)14(28,29)13(26,27)12(24,25)11(22,23)9(17,18)7-8-10(19,20)21;11-3(12,1-2-4(13,14)15)5(16,17)6(18,19)7(20,21)8(22,23)9(24,25)10(26,27)29-30-28/h4-8H2,1-3H3;1-2,29-30H2,28H3. The van der Waals surface area contributed by atoms with Crippen LogP contribution in [0.3, 0.4) is 0 Å². The second kappa shape index (κ2) is 20.5. The summed E-state index contributed by atoms with van der Waals surface area (Å²) in [6.07, 6.45) is -24.2. The maximum absolute atomic E-state index is 14.7. The molecule has 0 aromatic carbocycles. The van der Waals surface area contributed by atoms with Crippen LogP contribution in [0.25, 0.3) is 0 Å². The van der Waals surface area contributed by atoms with Gasteiger partial charge in [0.2, 0.25) is 0 Å². The van der Waals surface area contributed by atoms with Gasteiger partial charge >= 0.3 is 97.8 Å². The van der Waals surface area contributed by atoms with Gasteiger partial charge in [-0.05, 0) is 30.5 Å². The molecule has 0 bridgehead atoms. The zero-order chi connectivity index (χ0) is 55.0. The lowest BCUT2D eigenvalue weighted by Gasteiger charge is -2.45. The van der Waals surface area contributed by atoms with E-state index in [0.717, 1.165) is 20.8 Å². The van der Waals surface area contributed by atoms with Gasteiger partial charge in [0.25, 0.3) is 5.55 Å². The van der Waals surface area contributed by atoms with E-state index >= 15 is 0 Å². The molecule has 0 aromatic heterocycles. The van der Waals surface area contributed by atoms with Crippen molar-refractivity contribution in [2.24, 2.45) is 0 Å². The zero-order valence-corrected chi connectivity index (χ0v) is 38.8. The van der Waals surface area contributed by atoms with E-state index in [9.17, 15) is 149 Å². The molecule has 3 nitrogen and oxygen atoms in total. The van der Waals surface area contributed by atoms with Crippen molar-refractivity contribution in [2.45, 2.75) is 141 Å². The van der Waals surface area contributed by atoms with Crippen LogP contribution in [0.1, 0.15) is 46.5 Å². The van der Waals surface area contributed by atoms with Gasteiger partial charge in [-0.25, -0.2) is 8.78 Å². The van der Waals surface area contributed by atoms with Crippen molar-refractivity contribution >= 4 is 36.2 Å². The summed E-state index contributed by atoms with van der Waals surface area (Å²) in [5.74, 6) is -93.8.